The first-order chi connectivity index (χ1) is 8.85. The number of aliphatic hydroxyl groups is 2. The molecule has 3 rings (SSSR count). The summed E-state index contributed by atoms with van der Waals surface area (Å²) in [5, 5.41) is 20.4. The molecule has 1 aromatic carbocycles. The van der Waals surface area contributed by atoms with Crippen molar-refractivity contribution in [3.63, 3.8) is 0 Å². The summed E-state index contributed by atoms with van der Waals surface area (Å²) in [5.41, 5.74) is 3.18. The van der Waals surface area contributed by atoms with Crippen molar-refractivity contribution in [1.82, 2.24) is 9.97 Å². The third kappa shape index (κ3) is 1.54. The van der Waals surface area contributed by atoms with Crippen molar-refractivity contribution in [3.8, 4) is 0 Å². The van der Waals surface area contributed by atoms with Crippen LogP contribution < -0.4 is 0 Å². The van der Waals surface area contributed by atoms with Gasteiger partial charge in [-0.15, -0.1) is 0 Å². The summed E-state index contributed by atoms with van der Waals surface area (Å²) in [7, 11) is 0. The summed E-state index contributed by atoms with van der Waals surface area (Å²) in [6.45, 7) is -0.0472. The maximum Gasteiger partial charge on any atom is 0.0968 e. The lowest BCUT2D eigenvalue weighted by atomic mass is 10.0. The van der Waals surface area contributed by atoms with Gasteiger partial charge < -0.3 is 10.2 Å². The van der Waals surface area contributed by atoms with E-state index in [-0.39, 0.29) is 13.2 Å². The van der Waals surface area contributed by atoms with E-state index in [4.69, 9.17) is 0 Å². The lowest BCUT2D eigenvalue weighted by Gasteiger charge is -2.08. The molecule has 3 aromatic rings. The van der Waals surface area contributed by atoms with E-state index in [9.17, 15) is 10.2 Å². The van der Waals surface area contributed by atoms with E-state index in [0.717, 1.165) is 32.9 Å². The number of nitrogens with zero attached hydrogens (tertiary/aromatic N) is 2. The Morgan fingerprint density at radius 1 is 0.722 bits per heavy atom. The number of hydrogen-bond donors (Lipinski definition) is 2. The number of aliphatic hydroxyl groups excluding tert-OH is 2. The van der Waals surface area contributed by atoms with Gasteiger partial charge in [0.25, 0.3) is 0 Å². The predicted octanol–water partition coefficient (Wildman–Crippen LogP) is 1.77. The molecule has 0 aliphatic rings. The van der Waals surface area contributed by atoms with Gasteiger partial charge in [0.05, 0.1) is 24.2 Å². The number of fused-ring (bicyclic) bond motifs is 3. The summed E-state index contributed by atoms with van der Waals surface area (Å²) in [6, 6.07) is 7.42. The van der Waals surface area contributed by atoms with Crippen LogP contribution in [0.25, 0.3) is 21.8 Å². The molecule has 4 nitrogen and oxygen atoms in total. The fraction of sp³-hybridized carbons (Fsp3) is 0.143. The predicted molar refractivity (Wildman–Crippen MR) is 68.9 cm³/mol. The minimum absolute atomic E-state index is 0.0236. The minimum Gasteiger partial charge on any atom is -0.392 e. The standard InChI is InChI=1S/C14H12N2O2/c17-7-9-3-5-15-13-11(9)1-2-12-10(8-18)4-6-16-14(12)13/h1-6,17-18H,7-8H2. The molecule has 0 saturated heterocycles. The van der Waals surface area contributed by atoms with Crippen LogP contribution in [0.15, 0.2) is 36.7 Å². The summed E-state index contributed by atoms with van der Waals surface area (Å²) in [4.78, 5) is 8.68. The van der Waals surface area contributed by atoms with Crippen molar-refractivity contribution in [2.24, 2.45) is 0 Å². The van der Waals surface area contributed by atoms with E-state index in [2.05, 4.69) is 9.97 Å². The molecular weight excluding hydrogens is 228 g/mol. The van der Waals surface area contributed by atoms with E-state index in [1.807, 2.05) is 12.1 Å². The van der Waals surface area contributed by atoms with E-state index in [0.29, 0.717) is 0 Å². The highest BCUT2D eigenvalue weighted by molar-refractivity contribution is 6.04. The molecule has 2 heterocycles. The molecule has 0 fully saturated rings. The molecular formula is C14H12N2O2. The topological polar surface area (TPSA) is 66.2 Å². The molecule has 0 aliphatic carbocycles. The van der Waals surface area contributed by atoms with Gasteiger partial charge in [0.2, 0.25) is 0 Å². The van der Waals surface area contributed by atoms with Crippen LogP contribution >= 0.6 is 0 Å². The number of benzene rings is 1. The van der Waals surface area contributed by atoms with Crippen LogP contribution in [-0.2, 0) is 13.2 Å². The van der Waals surface area contributed by atoms with Crippen LogP contribution in [-0.4, -0.2) is 20.2 Å². The first-order valence-electron chi connectivity index (χ1n) is 5.71. The number of aromatic nitrogens is 2. The zero-order valence-electron chi connectivity index (χ0n) is 9.67. The van der Waals surface area contributed by atoms with Crippen molar-refractivity contribution in [3.05, 3.63) is 47.8 Å². The number of rotatable bonds is 2. The summed E-state index contributed by atoms with van der Waals surface area (Å²) < 4.78 is 0. The van der Waals surface area contributed by atoms with Gasteiger partial charge in [0, 0.05) is 23.2 Å². The van der Waals surface area contributed by atoms with Gasteiger partial charge in [-0.1, -0.05) is 12.1 Å². The average Bonchev–Trinajstić information content (AvgIpc) is 2.45. The van der Waals surface area contributed by atoms with E-state index >= 15 is 0 Å². The van der Waals surface area contributed by atoms with Gasteiger partial charge in [-0.2, -0.15) is 0 Å². The molecule has 0 saturated carbocycles. The second-order valence-corrected chi connectivity index (χ2v) is 4.11. The van der Waals surface area contributed by atoms with Crippen LogP contribution in [0.5, 0.6) is 0 Å². The van der Waals surface area contributed by atoms with Crippen molar-refractivity contribution in [2.75, 3.05) is 0 Å². The van der Waals surface area contributed by atoms with E-state index in [1.54, 1.807) is 24.5 Å². The molecule has 2 N–H and O–H groups in total. The Kier molecular flexibility index (Phi) is 2.66. The fourth-order valence-electron chi connectivity index (χ4n) is 2.22. The fourth-order valence-corrected chi connectivity index (χ4v) is 2.22. The lowest BCUT2D eigenvalue weighted by Crippen LogP contribution is -1.93. The Morgan fingerprint density at radius 2 is 1.17 bits per heavy atom. The molecule has 2 aromatic heterocycles. The zero-order valence-corrected chi connectivity index (χ0v) is 9.67. The molecule has 0 bridgehead atoms. The molecule has 0 radical (unpaired) electrons. The molecule has 90 valence electrons. The van der Waals surface area contributed by atoms with E-state index in [1.165, 1.54) is 0 Å². The van der Waals surface area contributed by atoms with Gasteiger partial charge in [-0.25, -0.2) is 0 Å². The first-order valence-corrected chi connectivity index (χ1v) is 5.71. The van der Waals surface area contributed by atoms with Crippen LogP contribution in [0.3, 0.4) is 0 Å². The highest BCUT2D eigenvalue weighted by atomic mass is 16.3. The summed E-state index contributed by atoms with van der Waals surface area (Å²) >= 11 is 0. The van der Waals surface area contributed by atoms with E-state index < -0.39 is 0 Å². The zero-order chi connectivity index (χ0) is 12.5. The molecule has 0 spiro atoms. The largest absolute Gasteiger partial charge is 0.392 e. The third-order valence-electron chi connectivity index (χ3n) is 3.14. The quantitative estimate of drug-likeness (QED) is 0.670. The molecule has 0 unspecified atom stereocenters. The van der Waals surface area contributed by atoms with Crippen molar-refractivity contribution in [2.45, 2.75) is 13.2 Å². The molecule has 18 heavy (non-hydrogen) atoms. The molecule has 0 aliphatic heterocycles. The normalized spacial score (nSPS) is 11.2. The Bertz CT molecular complexity index is 663. The second kappa shape index (κ2) is 4.33. The Labute approximate surface area is 104 Å². The highest BCUT2D eigenvalue weighted by Crippen LogP contribution is 2.26. The summed E-state index contributed by atoms with van der Waals surface area (Å²) in [5.74, 6) is 0. The molecule has 0 atom stereocenters. The smallest absolute Gasteiger partial charge is 0.0968 e. The second-order valence-electron chi connectivity index (χ2n) is 4.11. The monoisotopic (exact) mass is 240 g/mol. The Morgan fingerprint density at radius 3 is 1.56 bits per heavy atom. The first kappa shape index (κ1) is 11.1. The minimum atomic E-state index is -0.0236. The molecule has 4 heteroatoms. The van der Waals surface area contributed by atoms with Crippen molar-refractivity contribution >= 4 is 21.8 Å². The van der Waals surface area contributed by atoms with Gasteiger partial charge in [-0.05, 0) is 23.3 Å². The van der Waals surface area contributed by atoms with Gasteiger partial charge in [0.15, 0.2) is 0 Å². The highest BCUT2D eigenvalue weighted by Gasteiger charge is 2.08. The summed E-state index contributed by atoms with van der Waals surface area (Å²) in [6.07, 6.45) is 3.33. The maximum atomic E-state index is 9.32. The Hall–Kier alpha value is -2.04. The SMILES string of the molecule is OCc1ccnc2c1ccc1c(CO)ccnc12. The molecule has 0 amide bonds. The van der Waals surface area contributed by atoms with Gasteiger partial charge >= 0.3 is 0 Å². The van der Waals surface area contributed by atoms with Gasteiger partial charge in [0.1, 0.15) is 0 Å². The van der Waals surface area contributed by atoms with Crippen LogP contribution in [0.4, 0.5) is 0 Å². The average molecular weight is 240 g/mol. The van der Waals surface area contributed by atoms with Crippen molar-refractivity contribution < 1.29 is 10.2 Å². The lowest BCUT2D eigenvalue weighted by molar-refractivity contribution is 0.283. The number of hydrogen-bond acceptors (Lipinski definition) is 4. The number of pyridine rings is 2. The van der Waals surface area contributed by atoms with Crippen molar-refractivity contribution in [1.29, 1.82) is 0 Å². The van der Waals surface area contributed by atoms with Crippen LogP contribution in [0.2, 0.25) is 0 Å². The van der Waals surface area contributed by atoms with Gasteiger partial charge in [-0.3, -0.25) is 9.97 Å². The Balaban J connectivity index is 2.47. The third-order valence-corrected chi connectivity index (χ3v) is 3.14. The van der Waals surface area contributed by atoms with Crippen LogP contribution in [0.1, 0.15) is 11.1 Å². The van der Waals surface area contributed by atoms with Crippen LogP contribution in [0, 0.1) is 0 Å². The maximum absolute atomic E-state index is 9.32.